The van der Waals surface area contributed by atoms with Gasteiger partial charge in [-0.15, -0.1) is 0 Å². The average Bonchev–Trinajstić information content (AvgIpc) is 3.00. The number of nitrogens with zero attached hydrogens (tertiary/aromatic N) is 4. The number of hydrogen-bond acceptors (Lipinski definition) is 5. The van der Waals surface area contributed by atoms with Crippen LogP contribution in [0.2, 0.25) is 0 Å². The van der Waals surface area contributed by atoms with E-state index in [0.29, 0.717) is 31.9 Å². The molecule has 1 unspecified atom stereocenters. The molecular weight excluding hydrogens is 332 g/mol. The van der Waals surface area contributed by atoms with Crippen LogP contribution in [0.5, 0.6) is 5.88 Å². The van der Waals surface area contributed by atoms with E-state index < -0.39 is 0 Å². The summed E-state index contributed by atoms with van der Waals surface area (Å²) in [5.74, 6) is 0.468. The van der Waals surface area contributed by atoms with Crippen LogP contribution in [0.3, 0.4) is 0 Å². The molecule has 0 spiro atoms. The lowest BCUT2D eigenvalue weighted by molar-refractivity contribution is -0.137. The average molecular weight is 354 g/mol. The van der Waals surface area contributed by atoms with Crippen molar-refractivity contribution in [2.75, 3.05) is 26.7 Å². The minimum absolute atomic E-state index is 0.0300. The molecule has 2 aliphatic heterocycles. The smallest absolute Gasteiger partial charge is 0.233 e. The van der Waals surface area contributed by atoms with Crippen molar-refractivity contribution < 1.29 is 14.3 Å². The number of aromatic nitrogens is 2. The molecule has 1 atom stereocenters. The summed E-state index contributed by atoms with van der Waals surface area (Å²) in [5, 5.41) is 0. The maximum Gasteiger partial charge on any atom is 0.233 e. The Morgan fingerprint density at radius 2 is 1.92 bits per heavy atom. The molecule has 2 amide bonds. The number of ether oxygens (including phenoxy) is 1. The van der Waals surface area contributed by atoms with Crippen molar-refractivity contribution in [3.8, 4) is 5.88 Å². The van der Waals surface area contributed by atoms with Crippen molar-refractivity contribution in [3.05, 3.63) is 30.5 Å². The topological polar surface area (TPSA) is 75.6 Å². The largest absolute Gasteiger partial charge is 0.473 e. The van der Waals surface area contributed by atoms with Gasteiger partial charge in [0.25, 0.3) is 0 Å². The Kier molecular flexibility index (Phi) is 4.44. The summed E-state index contributed by atoms with van der Waals surface area (Å²) >= 11 is 0. The summed E-state index contributed by atoms with van der Waals surface area (Å²) in [4.78, 5) is 36.6. The van der Waals surface area contributed by atoms with E-state index in [9.17, 15) is 9.59 Å². The number of likely N-dealkylation sites (tertiary alicyclic amines) is 2. The first kappa shape index (κ1) is 16.8. The van der Waals surface area contributed by atoms with Gasteiger partial charge >= 0.3 is 0 Å². The van der Waals surface area contributed by atoms with E-state index in [2.05, 4.69) is 9.97 Å². The number of benzene rings is 1. The summed E-state index contributed by atoms with van der Waals surface area (Å²) in [6, 6.07) is 7.69. The van der Waals surface area contributed by atoms with Crippen LogP contribution in [-0.4, -0.2) is 64.4 Å². The highest BCUT2D eigenvalue weighted by Gasteiger charge is 2.36. The van der Waals surface area contributed by atoms with Gasteiger partial charge in [-0.25, -0.2) is 9.97 Å². The molecule has 2 aromatic rings. The summed E-state index contributed by atoms with van der Waals surface area (Å²) < 4.78 is 5.98. The zero-order valence-corrected chi connectivity index (χ0v) is 14.8. The number of hydrogen-bond donors (Lipinski definition) is 0. The van der Waals surface area contributed by atoms with Crippen molar-refractivity contribution in [2.24, 2.45) is 5.92 Å². The van der Waals surface area contributed by atoms with Crippen molar-refractivity contribution in [1.29, 1.82) is 0 Å². The molecule has 4 rings (SSSR count). The Morgan fingerprint density at radius 1 is 1.19 bits per heavy atom. The lowest BCUT2D eigenvalue weighted by Crippen LogP contribution is -2.44. The minimum atomic E-state index is -0.198. The molecule has 2 saturated heterocycles. The first-order chi connectivity index (χ1) is 12.6. The van der Waals surface area contributed by atoms with Crippen LogP contribution in [0, 0.1) is 5.92 Å². The fourth-order valence-corrected chi connectivity index (χ4v) is 3.65. The van der Waals surface area contributed by atoms with Gasteiger partial charge in [-0.3, -0.25) is 9.59 Å². The molecule has 0 radical (unpaired) electrons. The van der Waals surface area contributed by atoms with E-state index in [4.69, 9.17) is 4.74 Å². The van der Waals surface area contributed by atoms with Crippen molar-refractivity contribution >= 4 is 22.8 Å². The molecular formula is C19H22N4O3. The molecule has 2 fully saturated rings. The lowest BCUT2D eigenvalue weighted by Gasteiger charge is -2.33. The second kappa shape index (κ2) is 6.90. The van der Waals surface area contributed by atoms with Gasteiger partial charge in [0, 0.05) is 45.9 Å². The van der Waals surface area contributed by atoms with Crippen LogP contribution in [0.4, 0.5) is 0 Å². The zero-order valence-electron chi connectivity index (χ0n) is 14.8. The third-order valence-corrected chi connectivity index (χ3v) is 5.16. The SMILES string of the molecule is CN1CC(C(=O)N2CCC(Oc3cnc4ccccc4n3)CC2)CC1=O. The van der Waals surface area contributed by atoms with Crippen LogP contribution in [0.15, 0.2) is 30.5 Å². The highest BCUT2D eigenvalue weighted by molar-refractivity contribution is 5.89. The highest BCUT2D eigenvalue weighted by Crippen LogP contribution is 2.23. The maximum atomic E-state index is 12.6. The van der Waals surface area contributed by atoms with Crippen LogP contribution >= 0.6 is 0 Å². The predicted molar refractivity (Wildman–Crippen MR) is 95.5 cm³/mol. The molecule has 7 heteroatoms. The van der Waals surface area contributed by atoms with Crippen LogP contribution in [-0.2, 0) is 9.59 Å². The van der Waals surface area contributed by atoms with Crippen molar-refractivity contribution in [2.45, 2.75) is 25.4 Å². The van der Waals surface area contributed by atoms with E-state index in [-0.39, 0.29) is 23.8 Å². The number of carbonyl (C=O) groups is 2. The van der Waals surface area contributed by atoms with E-state index in [1.54, 1.807) is 18.1 Å². The molecule has 7 nitrogen and oxygen atoms in total. The Balaban J connectivity index is 1.33. The maximum absolute atomic E-state index is 12.6. The molecule has 0 saturated carbocycles. The van der Waals surface area contributed by atoms with Gasteiger partial charge in [-0.1, -0.05) is 12.1 Å². The third-order valence-electron chi connectivity index (χ3n) is 5.16. The zero-order chi connectivity index (χ0) is 18.1. The standard InChI is InChI=1S/C19H22N4O3/c1-22-12-13(10-18(22)24)19(25)23-8-6-14(7-9-23)26-17-11-20-15-4-2-3-5-16(15)21-17/h2-5,11,13-14H,6-10,12H2,1H3. The van der Waals surface area contributed by atoms with Gasteiger partial charge in [0.15, 0.2) is 0 Å². The Bertz CT molecular complexity index is 832. The highest BCUT2D eigenvalue weighted by atomic mass is 16.5. The predicted octanol–water partition coefficient (Wildman–Crippen LogP) is 1.48. The van der Waals surface area contributed by atoms with Crippen LogP contribution in [0.1, 0.15) is 19.3 Å². The molecule has 1 aromatic heterocycles. The van der Waals surface area contributed by atoms with Crippen LogP contribution in [0.25, 0.3) is 11.0 Å². The van der Waals surface area contributed by atoms with Gasteiger partial charge in [-0.2, -0.15) is 0 Å². The Morgan fingerprint density at radius 3 is 2.62 bits per heavy atom. The fourth-order valence-electron chi connectivity index (χ4n) is 3.65. The van der Waals surface area contributed by atoms with Gasteiger partial charge < -0.3 is 14.5 Å². The number of para-hydroxylation sites is 2. The van der Waals surface area contributed by atoms with Crippen molar-refractivity contribution in [1.82, 2.24) is 19.8 Å². The Hall–Kier alpha value is -2.70. The van der Waals surface area contributed by atoms with E-state index in [0.717, 1.165) is 23.9 Å². The summed E-state index contributed by atoms with van der Waals surface area (Å²) in [6.07, 6.45) is 3.54. The lowest BCUT2D eigenvalue weighted by atomic mass is 10.0. The van der Waals surface area contributed by atoms with Gasteiger partial charge in [-0.05, 0) is 12.1 Å². The quantitative estimate of drug-likeness (QED) is 0.834. The number of carbonyl (C=O) groups excluding carboxylic acids is 2. The second-order valence-corrected chi connectivity index (χ2v) is 7.01. The monoisotopic (exact) mass is 354 g/mol. The van der Waals surface area contributed by atoms with Crippen LogP contribution < -0.4 is 4.74 Å². The summed E-state index contributed by atoms with van der Waals surface area (Å²) in [6.45, 7) is 1.83. The molecule has 26 heavy (non-hydrogen) atoms. The Labute approximate surface area is 152 Å². The molecule has 1 aromatic carbocycles. The molecule has 0 N–H and O–H groups in total. The third kappa shape index (κ3) is 3.34. The van der Waals surface area contributed by atoms with Gasteiger partial charge in [0.05, 0.1) is 23.1 Å². The van der Waals surface area contributed by atoms with E-state index in [1.807, 2.05) is 29.2 Å². The first-order valence-corrected chi connectivity index (χ1v) is 9.01. The van der Waals surface area contributed by atoms with Gasteiger partial charge in [0.1, 0.15) is 6.10 Å². The van der Waals surface area contributed by atoms with Crippen molar-refractivity contribution in [3.63, 3.8) is 0 Å². The van der Waals surface area contributed by atoms with E-state index >= 15 is 0 Å². The number of rotatable bonds is 3. The number of amides is 2. The number of piperidine rings is 1. The van der Waals surface area contributed by atoms with E-state index in [1.165, 1.54) is 0 Å². The molecule has 2 aliphatic rings. The number of fused-ring (bicyclic) bond motifs is 1. The second-order valence-electron chi connectivity index (χ2n) is 7.01. The van der Waals surface area contributed by atoms with Gasteiger partial charge in [0.2, 0.25) is 17.7 Å². The summed E-state index contributed by atoms with van der Waals surface area (Å²) in [7, 11) is 1.75. The molecule has 136 valence electrons. The fraction of sp³-hybridized carbons (Fsp3) is 0.474. The summed E-state index contributed by atoms with van der Waals surface area (Å²) in [5.41, 5.74) is 1.66. The molecule has 0 aliphatic carbocycles. The first-order valence-electron chi connectivity index (χ1n) is 9.01. The molecule has 0 bridgehead atoms. The normalized spacial score (nSPS) is 21.4. The minimum Gasteiger partial charge on any atom is -0.473 e. The molecule has 3 heterocycles.